The van der Waals surface area contributed by atoms with E-state index in [0.717, 1.165) is 5.52 Å². The lowest BCUT2D eigenvalue weighted by Crippen LogP contribution is -2.30. The Labute approximate surface area is 192 Å². The molecule has 34 heavy (non-hydrogen) atoms. The minimum atomic E-state index is -1.00. The van der Waals surface area contributed by atoms with Gasteiger partial charge >= 0.3 is 5.91 Å². The number of fused-ring (bicyclic) bond motifs is 2. The zero-order chi connectivity index (χ0) is 23.4. The zero-order valence-corrected chi connectivity index (χ0v) is 17.6. The van der Waals surface area contributed by atoms with Crippen LogP contribution in [0.25, 0.3) is 27.7 Å². The van der Waals surface area contributed by atoms with Gasteiger partial charge in [0.2, 0.25) is 5.95 Å². The molecule has 0 radical (unpaired) electrons. The van der Waals surface area contributed by atoms with Gasteiger partial charge in [-0.15, -0.1) is 0 Å². The number of carbonyl (C=O) groups excluding carboxylic acids is 2. The number of hydrogen-bond acceptors (Lipinski definition) is 4. The fourth-order valence-electron chi connectivity index (χ4n) is 4.48. The number of para-hydroxylation sites is 3. The molecule has 5 aromatic rings. The predicted octanol–water partition coefficient (Wildman–Crippen LogP) is 4.81. The van der Waals surface area contributed by atoms with E-state index in [-0.39, 0.29) is 17.3 Å². The number of rotatable bonds is 3. The Hall–Kier alpha value is -4.72. The molecule has 3 N–H and O–H groups in total. The van der Waals surface area contributed by atoms with Gasteiger partial charge in [-0.25, -0.2) is 9.37 Å². The number of anilines is 1. The number of aromatic nitrogens is 3. The van der Waals surface area contributed by atoms with Crippen molar-refractivity contribution in [1.29, 1.82) is 0 Å². The maximum atomic E-state index is 13.7. The Morgan fingerprint density at radius 1 is 0.941 bits per heavy atom. The van der Waals surface area contributed by atoms with Gasteiger partial charge in [-0.2, -0.15) is 0 Å². The topological polar surface area (TPSA) is 102 Å². The number of aromatic amines is 2. The highest BCUT2D eigenvalue weighted by atomic mass is 19.1. The van der Waals surface area contributed by atoms with Crippen molar-refractivity contribution in [3.63, 3.8) is 0 Å². The largest absolute Gasteiger partial charge is 0.507 e. The summed E-state index contributed by atoms with van der Waals surface area (Å²) in [5, 5.41) is 12.0. The maximum Gasteiger partial charge on any atom is 0.302 e. The van der Waals surface area contributed by atoms with Gasteiger partial charge in [-0.3, -0.25) is 14.5 Å². The third-order valence-corrected chi connectivity index (χ3v) is 6.08. The second kappa shape index (κ2) is 7.41. The van der Waals surface area contributed by atoms with Crippen LogP contribution in [0.1, 0.15) is 17.2 Å². The van der Waals surface area contributed by atoms with Crippen molar-refractivity contribution in [2.75, 3.05) is 4.90 Å². The van der Waals surface area contributed by atoms with Crippen molar-refractivity contribution in [2.24, 2.45) is 0 Å². The minimum Gasteiger partial charge on any atom is -0.507 e. The first-order chi connectivity index (χ1) is 16.5. The standard InChI is InChI=1S/C26H17FN4O3/c27-15-11-9-14(10-12-15)22-21(23(32)17-13-28-18-6-2-1-5-16(17)18)24(33)25(34)31(22)26-29-19-7-3-4-8-20(19)30-26/h1-13,22,28,32H,(H,29,30)/b23-21+. The van der Waals surface area contributed by atoms with Crippen molar-refractivity contribution in [2.45, 2.75) is 6.04 Å². The van der Waals surface area contributed by atoms with Crippen LogP contribution in [0.4, 0.5) is 10.3 Å². The van der Waals surface area contributed by atoms with Gasteiger partial charge in [-0.05, 0) is 35.9 Å². The molecule has 2 aromatic heterocycles. The molecular weight excluding hydrogens is 435 g/mol. The van der Waals surface area contributed by atoms with Crippen LogP contribution in [0, 0.1) is 5.82 Å². The third kappa shape index (κ3) is 2.92. The molecule has 1 aliphatic heterocycles. The van der Waals surface area contributed by atoms with Crippen molar-refractivity contribution < 1.29 is 19.1 Å². The second-order valence-corrected chi connectivity index (χ2v) is 8.05. The smallest absolute Gasteiger partial charge is 0.302 e. The monoisotopic (exact) mass is 452 g/mol. The van der Waals surface area contributed by atoms with E-state index in [2.05, 4.69) is 15.0 Å². The second-order valence-electron chi connectivity index (χ2n) is 8.05. The van der Waals surface area contributed by atoms with Crippen LogP contribution in [0.15, 0.2) is 84.6 Å². The molecule has 1 fully saturated rings. The molecule has 8 heteroatoms. The van der Waals surface area contributed by atoms with Gasteiger partial charge < -0.3 is 15.1 Å². The first-order valence-corrected chi connectivity index (χ1v) is 10.6. The Balaban J connectivity index is 1.60. The summed E-state index contributed by atoms with van der Waals surface area (Å²) in [5.74, 6) is -2.30. The summed E-state index contributed by atoms with van der Waals surface area (Å²) < 4.78 is 13.7. The Morgan fingerprint density at radius 2 is 1.65 bits per heavy atom. The van der Waals surface area contributed by atoms with Gasteiger partial charge in [-0.1, -0.05) is 42.5 Å². The molecule has 1 amide bonds. The van der Waals surface area contributed by atoms with Gasteiger partial charge in [0.05, 0.1) is 22.6 Å². The average Bonchev–Trinajstić information content (AvgIpc) is 3.54. The van der Waals surface area contributed by atoms with E-state index in [1.807, 2.05) is 36.4 Å². The number of imidazole rings is 1. The lowest BCUT2D eigenvalue weighted by atomic mass is 9.95. The number of hydrogen-bond donors (Lipinski definition) is 3. The highest BCUT2D eigenvalue weighted by Gasteiger charge is 2.48. The van der Waals surface area contributed by atoms with Crippen LogP contribution in [0.5, 0.6) is 0 Å². The van der Waals surface area contributed by atoms with Crippen molar-refractivity contribution in [1.82, 2.24) is 15.0 Å². The van der Waals surface area contributed by atoms with Crippen LogP contribution < -0.4 is 4.90 Å². The van der Waals surface area contributed by atoms with E-state index in [9.17, 15) is 19.1 Å². The van der Waals surface area contributed by atoms with E-state index < -0.39 is 23.5 Å². The third-order valence-electron chi connectivity index (χ3n) is 6.08. The number of Topliss-reactive ketones (excluding diaryl/α,β-unsaturated/α-hetero) is 1. The normalized spacial score (nSPS) is 17.8. The highest BCUT2D eigenvalue weighted by molar-refractivity contribution is 6.51. The molecular formula is C26H17FN4O3. The van der Waals surface area contributed by atoms with Crippen molar-refractivity contribution >= 4 is 45.3 Å². The summed E-state index contributed by atoms with van der Waals surface area (Å²) in [6.45, 7) is 0. The maximum absolute atomic E-state index is 13.7. The van der Waals surface area contributed by atoms with E-state index in [1.165, 1.54) is 29.2 Å². The molecule has 3 aromatic carbocycles. The Bertz CT molecular complexity index is 1600. The average molecular weight is 452 g/mol. The Kier molecular flexibility index (Phi) is 4.35. The molecule has 166 valence electrons. The number of nitrogens with one attached hydrogen (secondary N) is 2. The summed E-state index contributed by atoms with van der Waals surface area (Å²) >= 11 is 0. The lowest BCUT2D eigenvalue weighted by Gasteiger charge is -2.23. The number of ketones is 1. The molecule has 1 aliphatic rings. The van der Waals surface area contributed by atoms with Crippen molar-refractivity contribution in [3.8, 4) is 0 Å². The molecule has 0 saturated carbocycles. The van der Waals surface area contributed by atoms with Gasteiger partial charge in [0.1, 0.15) is 11.6 Å². The van der Waals surface area contributed by atoms with Crippen LogP contribution >= 0.6 is 0 Å². The number of H-pyrrole nitrogens is 2. The van der Waals surface area contributed by atoms with E-state index in [0.29, 0.717) is 27.5 Å². The summed E-state index contributed by atoms with van der Waals surface area (Å²) in [6.07, 6.45) is 1.59. The first-order valence-electron chi connectivity index (χ1n) is 10.6. The van der Waals surface area contributed by atoms with Gasteiger partial charge in [0, 0.05) is 22.7 Å². The molecule has 0 spiro atoms. The molecule has 0 bridgehead atoms. The summed E-state index contributed by atoms with van der Waals surface area (Å²) in [4.78, 5) is 38.4. The molecule has 0 aliphatic carbocycles. The van der Waals surface area contributed by atoms with Gasteiger partial charge in [0.15, 0.2) is 0 Å². The first kappa shape index (κ1) is 19.9. The number of benzene rings is 3. The Morgan fingerprint density at radius 3 is 2.41 bits per heavy atom. The fraction of sp³-hybridized carbons (Fsp3) is 0.0385. The van der Waals surface area contributed by atoms with Crippen LogP contribution in [-0.4, -0.2) is 31.7 Å². The predicted molar refractivity (Wildman–Crippen MR) is 126 cm³/mol. The van der Waals surface area contributed by atoms with Gasteiger partial charge in [0.25, 0.3) is 5.78 Å². The van der Waals surface area contributed by atoms with E-state index >= 15 is 0 Å². The molecule has 3 heterocycles. The van der Waals surface area contributed by atoms with E-state index in [4.69, 9.17) is 0 Å². The fourth-order valence-corrected chi connectivity index (χ4v) is 4.48. The lowest BCUT2D eigenvalue weighted by molar-refractivity contribution is -0.132. The molecule has 1 unspecified atom stereocenters. The number of amides is 1. The molecule has 1 atom stereocenters. The SMILES string of the molecule is O=C1C(=O)N(c2nc3ccccc3[nH]2)C(c2ccc(F)cc2)/C1=C(\O)c1c[nH]c2ccccc12. The molecule has 6 rings (SSSR count). The van der Waals surface area contributed by atoms with Crippen LogP contribution in [0.2, 0.25) is 0 Å². The summed E-state index contributed by atoms with van der Waals surface area (Å²) in [6, 6.07) is 19.0. The molecule has 7 nitrogen and oxygen atoms in total. The zero-order valence-electron chi connectivity index (χ0n) is 17.6. The van der Waals surface area contributed by atoms with Crippen LogP contribution in [0.3, 0.4) is 0 Å². The van der Waals surface area contributed by atoms with Crippen molar-refractivity contribution in [3.05, 3.63) is 102 Å². The number of aliphatic hydroxyl groups is 1. The minimum absolute atomic E-state index is 0.0955. The number of nitrogens with zero attached hydrogens (tertiary/aromatic N) is 2. The van der Waals surface area contributed by atoms with Crippen LogP contribution in [-0.2, 0) is 9.59 Å². The quantitative estimate of drug-likeness (QED) is 0.208. The highest BCUT2D eigenvalue weighted by Crippen LogP contribution is 2.42. The summed E-state index contributed by atoms with van der Waals surface area (Å²) in [5.41, 5.74) is 2.84. The summed E-state index contributed by atoms with van der Waals surface area (Å²) in [7, 11) is 0. The molecule has 1 saturated heterocycles. The van der Waals surface area contributed by atoms with E-state index in [1.54, 1.807) is 18.3 Å². The number of halogens is 1. The number of aliphatic hydroxyl groups excluding tert-OH is 1. The number of carbonyl (C=O) groups is 2.